The third-order valence-electron chi connectivity index (χ3n) is 4.64. The van der Waals surface area contributed by atoms with E-state index >= 15 is 0 Å². The van der Waals surface area contributed by atoms with Crippen molar-refractivity contribution in [1.82, 2.24) is 5.32 Å². The summed E-state index contributed by atoms with van der Waals surface area (Å²) in [5.41, 5.74) is 3.29. The van der Waals surface area contributed by atoms with Crippen molar-refractivity contribution in [3.63, 3.8) is 0 Å². The van der Waals surface area contributed by atoms with Gasteiger partial charge in [0.05, 0.1) is 4.90 Å². The van der Waals surface area contributed by atoms with Crippen molar-refractivity contribution >= 4 is 27.5 Å². The van der Waals surface area contributed by atoms with Gasteiger partial charge in [0.15, 0.2) is 0 Å². The van der Waals surface area contributed by atoms with Gasteiger partial charge in [-0.25, -0.2) is 13.6 Å². The van der Waals surface area contributed by atoms with E-state index in [-0.39, 0.29) is 16.7 Å². The van der Waals surface area contributed by atoms with Crippen LogP contribution in [0.3, 0.4) is 0 Å². The minimum absolute atomic E-state index is 0.0628. The predicted molar refractivity (Wildman–Crippen MR) is 102 cm³/mol. The van der Waals surface area contributed by atoms with Gasteiger partial charge < -0.3 is 10.2 Å². The molecule has 0 aliphatic carbocycles. The molecule has 1 heterocycles. The maximum atomic E-state index is 12.4. The van der Waals surface area contributed by atoms with Crippen LogP contribution in [0.1, 0.15) is 27.9 Å². The summed E-state index contributed by atoms with van der Waals surface area (Å²) < 4.78 is 22.5. The number of carbonyl (C=O) groups excluding carboxylic acids is 2. The van der Waals surface area contributed by atoms with Crippen molar-refractivity contribution in [2.24, 2.45) is 5.14 Å². The van der Waals surface area contributed by atoms with Crippen LogP contribution < -0.4 is 15.4 Å². The van der Waals surface area contributed by atoms with E-state index in [1.807, 2.05) is 6.07 Å². The zero-order chi connectivity index (χ0) is 19.6. The van der Waals surface area contributed by atoms with E-state index in [0.717, 1.165) is 16.8 Å². The van der Waals surface area contributed by atoms with Crippen LogP contribution in [0.5, 0.6) is 0 Å². The number of primary sulfonamides is 1. The summed E-state index contributed by atoms with van der Waals surface area (Å²) in [6.45, 7) is 0.420. The smallest absolute Gasteiger partial charge is 0.251 e. The molecule has 0 saturated carbocycles. The minimum atomic E-state index is -3.70. The van der Waals surface area contributed by atoms with Gasteiger partial charge in [0.1, 0.15) is 0 Å². The fourth-order valence-electron chi connectivity index (χ4n) is 3.07. The molecule has 0 radical (unpaired) electrons. The van der Waals surface area contributed by atoms with Crippen LogP contribution in [0.4, 0.5) is 5.69 Å². The molecule has 0 spiro atoms. The van der Waals surface area contributed by atoms with Crippen LogP contribution in [0.15, 0.2) is 47.4 Å². The molecule has 142 valence electrons. The normalized spacial score (nSPS) is 14.0. The van der Waals surface area contributed by atoms with E-state index in [9.17, 15) is 18.0 Å². The van der Waals surface area contributed by atoms with E-state index in [2.05, 4.69) is 5.32 Å². The zero-order valence-corrected chi connectivity index (χ0v) is 15.8. The molecular weight excluding hydrogens is 366 g/mol. The van der Waals surface area contributed by atoms with E-state index in [4.69, 9.17) is 5.14 Å². The number of hydrogen-bond donors (Lipinski definition) is 2. The number of carbonyl (C=O) groups is 2. The van der Waals surface area contributed by atoms with Crippen LogP contribution in [-0.4, -0.2) is 33.8 Å². The Morgan fingerprint density at radius 2 is 1.85 bits per heavy atom. The van der Waals surface area contributed by atoms with Crippen LogP contribution in [0.2, 0.25) is 0 Å². The second-order valence-electron chi connectivity index (χ2n) is 6.49. The average Bonchev–Trinajstić information content (AvgIpc) is 2.64. The SMILES string of the molecule is CN1C(=O)CCc2cc(C(=O)NCCc3ccc(S(N)(=O)=O)cc3)ccc21. The lowest BCUT2D eigenvalue weighted by Gasteiger charge is -2.26. The average molecular weight is 387 g/mol. The lowest BCUT2D eigenvalue weighted by molar-refractivity contribution is -0.118. The number of sulfonamides is 1. The van der Waals surface area contributed by atoms with Gasteiger partial charge in [-0.15, -0.1) is 0 Å². The topological polar surface area (TPSA) is 110 Å². The first-order chi connectivity index (χ1) is 12.8. The van der Waals surface area contributed by atoms with Gasteiger partial charge in [0, 0.05) is 31.3 Å². The number of nitrogens with two attached hydrogens (primary N) is 1. The second kappa shape index (κ2) is 7.50. The Morgan fingerprint density at radius 1 is 1.15 bits per heavy atom. The molecule has 0 saturated heterocycles. The molecule has 8 heteroatoms. The molecule has 1 aliphatic heterocycles. The zero-order valence-electron chi connectivity index (χ0n) is 14.9. The number of hydrogen-bond acceptors (Lipinski definition) is 4. The lowest BCUT2D eigenvalue weighted by atomic mass is 9.99. The number of rotatable bonds is 5. The van der Waals surface area contributed by atoms with E-state index < -0.39 is 10.0 Å². The van der Waals surface area contributed by atoms with Crippen molar-refractivity contribution in [3.05, 3.63) is 59.2 Å². The molecule has 27 heavy (non-hydrogen) atoms. The highest BCUT2D eigenvalue weighted by Gasteiger charge is 2.21. The summed E-state index contributed by atoms with van der Waals surface area (Å²) >= 11 is 0. The number of aryl methyl sites for hydroxylation is 1. The maximum absolute atomic E-state index is 12.4. The Hall–Kier alpha value is -2.71. The first-order valence-corrected chi connectivity index (χ1v) is 10.1. The van der Waals surface area contributed by atoms with Gasteiger partial charge in [-0.1, -0.05) is 12.1 Å². The molecular formula is C19H21N3O4S. The number of nitrogens with zero attached hydrogens (tertiary/aromatic N) is 1. The summed E-state index contributed by atoms with van der Waals surface area (Å²) in [6.07, 6.45) is 1.65. The molecule has 1 aliphatic rings. The highest BCUT2D eigenvalue weighted by molar-refractivity contribution is 7.89. The predicted octanol–water partition coefficient (Wildman–Crippen LogP) is 1.22. The molecule has 2 amide bonds. The number of anilines is 1. The third-order valence-corrected chi connectivity index (χ3v) is 5.57. The Labute approximate surface area is 158 Å². The van der Waals surface area contributed by atoms with E-state index in [1.54, 1.807) is 36.2 Å². The first kappa shape index (κ1) is 19.1. The maximum Gasteiger partial charge on any atom is 0.251 e. The molecule has 2 aromatic carbocycles. The largest absolute Gasteiger partial charge is 0.352 e. The van der Waals surface area contributed by atoms with Gasteiger partial charge >= 0.3 is 0 Å². The first-order valence-electron chi connectivity index (χ1n) is 8.55. The van der Waals surface area contributed by atoms with Crippen LogP contribution in [-0.2, 0) is 27.7 Å². The Kier molecular flexibility index (Phi) is 5.29. The Bertz CT molecular complexity index is 985. The van der Waals surface area contributed by atoms with Crippen molar-refractivity contribution in [1.29, 1.82) is 0 Å². The van der Waals surface area contributed by atoms with Crippen LogP contribution >= 0.6 is 0 Å². The third kappa shape index (κ3) is 4.35. The lowest BCUT2D eigenvalue weighted by Crippen LogP contribution is -2.31. The molecule has 0 aromatic heterocycles. The highest BCUT2D eigenvalue weighted by atomic mass is 32.2. The van der Waals surface area contributed by atoms with Crippen LogP contribution in [0.25, 0.3) is 0 Å². The van der Waals surface area contributed by atoms with Crippen molar-refractivity contribution in [3.8, 4) is 0 Å². The van der Waals surface area contributed by atoms with Gasteiger partial charge in [0.25, 0.3) is 5.91 Å². The van der Waals surface area contributed by atoms with Crippen LogP contribution in [0, 0.1) is 0 Å². The molecule has 0 bridgehead atoms. The van der Waals surface area contributed by atoms with Gasteiger partial charge in [0.2, 0.25) is 15.9 Å². The molecule has 2 aromatic rings. The molecule has 7 nitrogen and oxygen atoms in total. The number of benzene rings is 2. The summed E-state index contributed by atoms with van der Waals surface area (Å²) in [5, 5.41) is 7.93. The minimum Gasteiger partial charge on any atom is -0.352 e. The molecule has 3 rings (SSSR count). The van der Waals surface area contributed by atoms with Gasteiger partial charge in [-0.3, -0.25) is 9.59 Å². The van der Waals surface area contributed by atoms with Crippen molar-refractivity contribution in [2.75, 3.05) is 18.5 Å². The molecule has 0 fully saturated rings. The number of amides is 2. The van der Waals surface area contributed by atoms with E-state index in [1.165, 1.54) is 12.1 Å². The van der Waals surface area contributed by atoms with E-state index in [0.29, 0.717) is 31.4 Å². The summed E-state index contributed by atoms with van der Waals surface area (Å²) in [4.78, 5) is 25.8. The quantitative estimate of drug-likeness (QED) is 0.804. The van der Waals surface area contributed by atoms with Gasteiger partial charge in [-0.2, -0.15) is 0 Å². The summed E-state index contributed by atoms with van der Waals surface area (Å²) in [6, 6.07) is 11.6. The standard InChI is InChI=1S/C19H21N3O4S/c1-22-17-8-4-15(12-14(17)5-9-18(22)23)19(24)21-11-10-13-2-6-16(7-3-13)27(20,25)26/h2-4,6-8,12H,5,9-11H2,1H3,(H,21,24)(H2,20,25,26). The Morgan fingerprint density at radius 3 is 2.52 bits per heavy atom. The van der Waals surface area contributed by atoms with Gasteiger partial charge in [-0.05, 0) is 54.3 Å². The summed E-state index contributed by atoms with van der Waals surface area (Å²) in [5.74, 6) is -0.105. The monoisotopic (exact) mass is 387 g/mol. The van der Waals surface area contributed by atoms with Crippen molar-refractivity contribution in [2.45, 2.75) is 24.2 Å². The fraction of sp³-hybridized carbons (Fsp3) is 0.263. The van der Waals surface area contributed by atoms with Crippen molar-refractivity contribution < 1.29 is 18.0 Å². The molecule has 3 N–H and O–H groups in total. The number of fused-ring (bicyclic) bond motifs is 1. The molecule has 0 atom stereocenters. The number of nitrogens with one attached hydrogen (secondary N) is 1. The highest BCUT2D eigenvalue weighted by Crippen LogP contribution is 2.27. The fourth-order valence-corrected chi connectivity index (χ4v) is 3.58. The Balaban J connectivity index is 1.59. The summed E-state index contributed by atoms with van der Waals surface area (Å²) in [7, 11) is -1.96. The second-order valence-corrected chi connectivity index (χ2v) is 8.05. The molecule has 0 unspecified atom stereocenters.